The van der Waals surface area contributed by atoms with Gasteiger partial charge in [-0.1, -0.05) is 42.5 Å². The third-order valence-electron chi connectivity index (χ3n) is 7.35. The number of alkyl halides is 3. The Balaban J connectivity index is 0.000000587. The number of aliphatic carboxylic acids is 1. The Morgan fingerprint density at radius 2 is 1.61 bits per heavy atom. The maximum absolute atomic E-state index is 12.8. The number of hydrogen-bond acceptors (Lipinski definition) is 6. The van der Waals surface area contributed by atoms with Crippen molar-refractivity contribution in [3.05, 3.63) is 71.3 Å². The molecule has 0 saturated carbocycles. The lowest BCUT2D eigenvalue weighted by Gasteiger charge is -2.40. The summed E-state index contributed by atoms with van der Waals surface area (Å²) >= 11 is 0. The van der Waals surface area contributed by atoms with Crippen LogP contribution in [0.25, 0.3) is 0 Å². The Bertz CT molecular complexity index is 1320. The molecule has 2 unspecified atom stereocenters. The molecule has 2 fully saturated rings. The van der Waals surface area contributed by atoms with E-state index in [9.17, 15) is 31.2 Å². The molecular weight excluding hydrogens is 563 g/mol. The molecule has 0 radical (unpaired) electrons. The summed E-state index contributed by atoms with van der Waals surface area (Å²) < 4.78 is 55.3. The monoisotopic (exact) mass is 597 g/mol. The summed E-state index contributed by atoms with van der Waals surface area (Å²) in [5.74, 6) is -3.59. The minimum Gasteiger partial charge on any atom is -0.475 e. The van der Waals surface area contributed by atoms with E-state index in [0.717, 1.165) is 44.0 Å². The summed E-state index contributed by atoms with van der Waals surface area (Å²) in [6, 6.07) is 18.2. The summed E-state index contributed by atoms with van der Waals surface area (Å²) in [5, 5.41) is 7.12. The minimum atomic E-state index is -5.08. The van der Waals surface area contributed by atoms with Crippen LogP contribution in [0, 0.1) is 0 Å². The van der Waals surface area contributed by atoms with Crippen molar-refractivity contribution in [2.45, 2.75) is 56.4 Å². The number of carboxylic acids is 1. The van der Waals surface area contributed by atoms with E-state index in [-0.39, 0.29) is 5.91 Å². The Morgan fingerprint density at radius 3 is 2.12 bits per heavy atom. The number of carbonyl (C=O) groups is 3. The molecule has 0 aromatic heterocycles. The first kappa shape index (κ1) is 32.1. The van der Waals surface area contributed by atoms with Crippen LogP contribution in [-0.2, 0) is 26.0 Å². The first-order valence-electron chi connectivity index (χ1n) is 13.1. The lowest BCUT2D eigenvalue weighted by molar-refractivity contribution is -0.192. The van der Waals surface area contributed by atoms with Crippen LogP contribution in [0.1, 0.15) is 53.1 Å². The van der Waals surface area contributed by atoms with E-state index < -0.39 is 33.6 Å². The van der Waals surface area contributed by atoms with E-state index in [4.69, 9.17) is 15.6 Å². The van der Waals surface area contributed by atoms with Gasteiger partial charge in [0.2, 0.25) is 11.8 Å². The van der Waals surface area contributed by atoms with Gasteiger partial charge in [-0.15, -0.1) is 0 Å². The van der Waals surface area contributed by atoms with Crippen LogP contribution in [0.15, 0.2) is 54.6 Å². The number of hydrogen-bond donors (Lipinski definition) is 2. The Morgan fingerprint density at radius 1 is 1.02 bits per heavy atom. The van der Waals surface area contributed by atoms with Gasteiger partial charge in [0.05, 0.1) is 0 Å². The average molecular weight is 598 g/mol. The molecule has 2 aliphatic rings. The third kappa shape index (κ3) is 9.56. The highest BCUT2D eigenvalue weighted by atomic mass is 32.2. The molecule has 9 nitrogen and oxygen atoms in total. The van der Waals surface area contributed by atoms with Gasteiger partial charge in [-0.2, -0.15) is 13.2 Å². The van der Waals surface area contributed by atoms with E-state index in [0.29, 0.717) is 36.7 Å². The number of piperidine rings is 1. The van der Waals surface area contributed by atoms with Crippen LogP contribution < -0.4 is 5.73 Å². The standard InChI is InChI=1S/C26H33N3O4S.C2HF3O2/c1-34(32,33)18-25(30)28(17-19-6-3-2-4-7-19)12-13-29-23-10-11-24(29)16-22(15-23)20-8-5-9-21(14-20)26(27)31;3-2(4,5)1(6)7/h2-9,14,22-24H,10-13,15-18H2,1H3,(H2,27,31);(H,6,7). The maximum Gasteiger partial charge on any atom is 0.490 e. The van der Waals surface area contributed by atoms with Gasteiger partial charge in [0.1, 0.15) is 5.75 Å². The Kier molecular flexibility index (Phi) is 10.5. The minimum absolute atomic E-state index is 0.350. The molecule has 0 aliphatic carbocycles. The number of fused-ring (bicyclic) bond motifs is 2. The summed E-state index contributed by atoms with van der Waals surface area (Å²) in [6.07, 6.45) is 0.270. The highest BCUT2D eigenvalue weighted by Crippen LogP contribution is 2.43. The van der Waals surface area contributed by atoms with E-state index in [1.54, 1.807) is 11.0 Å². The van der Waals surface area contributed by atoms with Crippen molar-refractivity contribution < 1.29 is 41.1 Å². The number of amides is 2. The smallest absolute Gasteiger partial charge is 0.475 e. The number of sulfone groups is 1. The molecule has 224 valence electrons. The van der Waals surface area contributed by atoms with Crippen molar-refractivity contribution in [3.63, 3.8) is 0 Å². The second-order valence-corrected chi connectivity index (χ2v) is 12.6. The Labute approximate surface area is 237 Å². The van der Waals surface area contributed by atoms with Crippen LogP contribution in [-0.4, -0.2) is 84.5 Å². The molecule has 2 amide bonds. The fraction of sp³-hybridized carbons (Fsp3) is 0.464. The molecule has 2 bridgehead atoms. The van der Waals surface area contributed by atoms with E-state index in [1.807, 2.05) is 42.5 Å². The van der Waals surface area contributed by atoms with Crippen LogP contribution in [0.3, 0.4) is 0 Å². The summed E-state index contributed by atoms with van der Waals surface area (Å²) in [7, 11) is -3.40. The molecule has 41 heavy (non-hydrogen) atoms. The highest BCUT2D eigenvalue weighted by molar-refractivity contribution is 7.91. The number of primary amides is 1. The predicted octanol–water partition coefficient (Wildman–Crippen LogP) is 3.20. The number of rotatable bonds is 9. The van der Waals surface area contributed by atoms with Crippen molar-refractivity contribution in [3.8, 4) is 0 Å². The van der Waals surface area contributed by atoms with E-state index >= 15 is 0 Å². The predicted molar refractivity (Wildman–Crippen MR) is 146 cm³/mol. The zero-order valence-corrected chi connectivity index (χ0v) is 23.4. The molecule has 2 aliphatic heterocycles. The lowest BCUT2D eigenvalue weighted by Crippen LogP contribution is -2.47. The number of carboxylic acid groups (broad SMARTS) is 1. The van der Waals surface area contributed by atoms with Gasteiger partial charge in [-0.05, 0) is 54.9 Å². The molecule has 2 heterocycles. The normalized spacial score (nSPS) is 20.5. The van der Waals surface area contributed by atoms with Crippen LogP contribution in [0.4, 0.5) is 13.2 Å². The molecule has 2 aromatic carbocycles. The third-order valence-corrected chi connectivity index (χ3v) is 8.12. The number of nitrogens with zero attached hydrogens (tertiary/aromatic N) is 2. The zero-order chi connectivity index (χ0) is 30.4. The van der Waals surface area contributed by atoms with Gasteiger partial charge in [0.25, 0.3) is 0 Å². The number of carbonyl (C=O) groups excluding carboxylic acids is 2. The fourth-order valence-corrected chi connectivity index (χ4v) is 6.14. The SMILES string of the molecule is CS(=O)(=O)CC(=O)N(CCN1C2CCC1CC(c1cccc(C(N)=O)c1)C2)Cc1ccccc1.O=C(O)C(F)(F)F. The quantitative estimate of drug-likeness (QED) is 0.453. The van der Waals surface area contributed by atoms with Crippen molar-refractivity contribution in [1.29, 1.82) is 0 Å². The molecule has 2 aromatic rings. The molecule has 4 rings (SSSR count). The number of nitrogens with two attached hydrogens (primary N) is 1. The van der Waals surface area contributed by atoms with Crippen LogP contribution >= 0.6 is 0 Å². The van der Waals surface area contributed by atoms with Crippen molar-refractivity contribution >= 4 is 27.6 Å². The van der Waals surface area contributed by atoms with Crippen LogP contribution in [0.5, 0.6) is 0 Å². The highest BCUT2D eigenvalue weighted by Gasteiger charge is 2.41. The maximum atomic E-state index is 12.8. The number of benzene rings is 2. The first-order valence-corrected chi connectivity index (χ1v) is 15.1. The second kappa shape index (κ2) is 13.5. The number of halogens is 3. The molecular formula is C28H34F3N3O6S. The molecule has 2 atom stereocenters. The van der Waals surface area contributed by atoms with Crippen molar-refractivity contribution in [1.82, 2.24) is 9.80 Å². The van der Waals surface area contributed by atoms with Gasteiger partial charge >= 0.3 is 12.1 Å². The van der Waals surface area contributed by atoms with Gasteiger partial charge < -0.3 is 15.7 Å². The first-order chi connectivity index (χ1) is 19.1. The summed E-state index contributed by atoms with van der Waals surface area (Å²) in [5.41, 5.74) is 8.17. The molecule has 13 heteroatoms. The van der Waals surface area contributed by atoms with E-state index in [1.165, 1.54) is 5.56 Å². The second-order valence-electron chi connectivity index (χ2n) is 10.5. The molecule has 0 spiro atoms. The topological polar surface area (TPSA) is 138 Å². The fourth-order valence-electron chi connectivity index (χ4n) is 5.50. The van der Waals surface area contributed by atoms with Crippen molar-refractivity contribution in [2.24, 2.45) is 5.73 Å². The summed E-state index contributed by atoms with van der Waals surface area (Å²) in [6.45, 7) is 1.63. The van der Waals surface area contributed by atoms with Gasteiger partial charge in [0, 0.05) is 43.5 Å². The van der Waals surface area contributed by atoms with Crippen LogP contribution in [0.2, 0.25) is 0 Å². The van der Waals surface area contributed by atoms with Gasteiger partial charge in [-0.3, -0.25) is 14.5 Å². The largest absolute Gasteiger partial charge is 0.490 e. The molecule has 3 N–H and O–H groups in total. The summed E-state index contributed by atoms with van der Waals surface area (Å²) in [4.78, 5) is 37.5. The zero-order valence-electron chi connectivity index (χ0n) is 22.6. The molecule has 2 saturated heterocycles. The van der Waals surface area contributed by atoms with E-state index in [2.05, 4.69) is 11.0 Å². The van der Waals surface area contributed by atoms with Gasteiger partial charge in [0.15, 0.2) is 9.84 Å². The van der Waals surface area contributed by atoms with Crippen molar-refractivity contribution in [2.75, 3.05) is 25.1 Å². The van der Waals surface area contributed by atoms with Gasteiger partial charge in [-0.25, -0.2) is 13.2 Å². The Hall–Kier alpha value is -3.45. The lowest BCUT2D eigenvalue weighted by atomic mass is 9.84. The average Bonchev–Trinajstić information content (AvgIpc) is 3.12.